The first-order chi connectivity index (χ1) is 8.01. The van der Waals surface area contributed by atoms with E-state index in [-0.39, 0.29) is 17.8 Å². The Morgan fingerprint density at radius 3 is 2.59 bits per heavy atom. The highest BCUT2D eigenvalue weighted by Crippen LogP contribution is 2.21. The van der Waals surface area contributed by atoms with Gasteiger partial charge in [0.25, 0.3) is 5.91 Å². The first-order valence-electron chi connectivity index (χ1n) is 5.77. The standard InChI is InChI=1S/C13H17BrFNO/c1-4-9(3)16(5-2)13(17)11-7-6-10(15)8-12(11)14/h6-9H,4-5H2,1-3H3. The van der Waals surface area contributed by atoms with Gasteiger partial charge in [0.05, 0.1) is 5.56 Å². The molecule has 0 saturated heterocycles. The molecule has 17 heavy (non-hydrogen) atoms. The van der Waals surface area contributed by atoms with E-state index in [9.17, 15) is 9.18 Å². The molecule has 0 aromatic heterocycles. The number of nitrogens with zero attached hydrogens (tertiary/aromatic N) is 1. The van der Waals surface area contributed by atoms with Gasteiger partial charge in [-0.2, -0.15) is 0 Å². The molecule has 1 unspecified atom stereocenters. The van der Waals surface area contributed by atoms with Gasteiger partial charge in [-0.15, -0.1) is 0 Å². The number of benzene rings is 1. The number of amides is 1. The normalized spacial score (nSPS) is 12.3. The van der Waals surface area contributed by atoms with E-state index in [2.05, 4.69) is 15.9 Å². The largest absolute Gasteiger partial charge is 0.336 e. The molecule has 94 valence electrons. The third-order valence-electron chi connectivity index (χ3n) is 2.89. The van der Waals surface area contributed by atoms with Gasteiger partial charge >= 0.3 is 0 Å². The van der Waals surface area contributed by atoms with Crippen LogP contribution < -0.4 is 0 Å². The summed E-state index contributed by atoms with van der Waals surface area (Å²) in [6.45, 7) is 6.65. The second kappa shape index (κ2) is 6.15. The van der Waals surface area contributed by atoms with Crippen molar-refractivity contribution in [1.29, 1.82) is 0 Å². The van der Waals surface area contributed by atoms with Crippen molar-refractivity contribution in [2.24, 2.45) is 0 Å². The summed E-state index contributed by atoms with van der Waals surface area (Å²) in [6, 6.07) is 4.33. The predicted molar refractivity (Wildman–Crippen MR) is 70.6 cm³/mol. The molecule has 1 rings (SSSR count). The fraction of sp³-hybridized carbons (Fsp3) is 0.462. The molecule has 2 nitrogen and oxygen atoms in total. The summed E-state index contributed by atoms with van der Waals surface area (Å²) in [7, 11) is 0. The molecule has 0 heterocycles. The van der Waals surface area contributed by atoms with Crippen LogP contribution in [0, 0.1) is 5.82 Å². The molecule has 1 aromatic rings. The zero-order chi connectivity index (χ0) is 13.0. The Hall–Kier alpha value is -0.900. The number of halogens is 2. The van der Waals surface area contributed by atoms with E-state index < -0.39 is 0 Å². The Bertz CT molecular complexity index is 408. The molecule has 4 heteroatoms. The SMILES string of the molecule is CCC(C)N(CC)C(=O)c1ccc(F)cc1Br. The molecule has 0 fully saturated rings. The van der Waals surface area contributed by atoms with Crippen molar-refractivity contribution in [2.75, 3.05) is 6.54 Å². The molecule has 0 aliphatic rings. The van der Waals surface area contributed by atoms with Crippen LogP contribution in [-0.4, -0.2) is 23.4 Å². The molecule has 0 bridgehead atoms. The average Bonchev–Trinajstić information content (AvgIpc) is 2.29. The smallest absolute Gasteiger partial charge is 0.255 e. The Labute approximate surface area is 110 Å². The molecule has 0 saturated carbocycles. The highest BCUT2D eigenvalue weighted by Gasteiger charge is 2.20. The lowest BCUT2D eigenvalue weighted by atomic mass is 10.1. The minimum atomic E-state index is -0.347. The quantitative estimate of drug-likeness (QED) is 0.827. The Morgan fingerprint density at radius 2 is 2.12 bits per heavy atom. The van der Waals surface area contributed by atoms with Crippen LogP contribution in [0.4, 0.5) is 4.39 Å². The lowest BCUT2D eigenvalue weighted by Crippen LogP contribution is -2.38. The van der Waals surface area contributed by atoms with Crippen LogP contribution in [0.15, 0.2) is 22.7 Å². The maximum absolute atomic E-state index is 13.0. The van der Waals surface area contributed by atoms with Crippen LogP contribution in [0.2, 0.25) is 0 Å². The van der Waals surface area contributed by atoms with Crippen molar-refractivity contribution >= 4 is 21.8 Å². The molecule has 0 radical (unpaired) electrons. The summed E-state index contributed by atoms with van der Waals surface area (Å²) in [4.78, 5) is 14.1. The Morgan fingerprint density at radius 1 is 1.47 bits per heavy atom. The van der Waals surface area contributed by atoms with Crippen LogP contribution in [0.1, 0.15) is 37.6 Å². The molecule has 0 aliphatic carbocycles. The van der Waals surface area contributed by atoms with Gasteiger partial charge in [0, 0.05) is 17.1 Å². The van der Waals surface area contributed by atoms with E-state index in [0.717, 1.165) is 6.42 Å². The van der Waals surface area contributed by atoms with Crippen LogP contribution in [0.25, 0.3) is 0 Å². The van der Waals surface area contributed by atoms with Crippen molar-refractivity contribution < 1.29 is 9.18 Å². The minimum Gasteiger partial charge on any atom is -0.336 e. The van der Waals surface area contributed by atoms with E-state index in [1.165, 1.54) is 18.2 Å². The van der Waals surface area contributed by atoms with E-state index in [0.29, 0.717) is 16.6 Å². The number of rotatable bonds is 4. The first-order valence-corrected chi connectivity index (χ1v) is 6.56. The van der Waals surface area contributed by atoms with Gasteiger partial charge in [-0.05, 0) is 54.4 Å². The summed E-state index contributed by atoms with van der Waals surface area (Å²) in [5, 5.41) is 0. The highest BCUT2D eigenvalue weighted by molar-refractivity contribution is 9.10. The summed E-state index contributed by atoms with van der Waals surface area (Å²) in [5.41, 5.74) is 0.508. The van der Waals surface area contributed by atoms with Crippen LogP contribution in [0.5, 0.6) is 0 Å². The summed E-state index contributed by atoms with van der Waals surface area (Å²) in [6.07, 6.45) is 0.901. The zero-order valence-corrected chi connectivity index (χ0v) is 11.9. The van der Waals surface area contributed by atoms with Gasteiger partial charge in [-0.3, -0.25) is 4.79 Å². The number of hydrogen-bond acceptors (Lipinski definition) is 1. The van der Waals surface area contributed by atoms with Crippen molar-refractivity contribution in [1.82, 2.24) is 4.90 Å². The van der Waals surface area contributed by atoms with E-state index in [4.69, 9.17) is 0 Å². The zero-order valence-electron chi connectivity index (χ0n) is 10.3. The van der Waals surface area contributed by atoms with Gasteiger partial charge in [-0.1, -0.05) is 6.92 Å². The van der Waals surface area contributed by atoms with E-state index in [1.54, 1.807) is 4.90 Å². The maximum Gasteiger partial charge on any atom is 0.255 e. The minimum absolute atomic E-state index is 0.0614. The van der Waals surface area contributed by atoms with Crippen molar-refractivity contribution in [3.63, 3.8) is 0 Å². The van der Waals surface area contributed by atoms with E-state index >= 15 is 0 Å². The molecule has 0 N–H and O–H groups in total. The second-order valence-electron chi connectivity index (χ2n) is 3.97. The molecule has 0 aliphatic heterocycles. The molecular formula is C13H17BrFNO. The molecule has 1 aromatic carbocycles. The molecule has 1 atom stereocenters. The molecular weight excluding hydrogens is 285 g/mol. The number of carbonyl (C=O) groups is 1. The third kappa shape index (κ3) is 3.28. The van der Waals surface area contributed by atoms with Crippen molar-refractivity contribution in [2.45, 2.75) is 33.2 Å². The summed E-state index contributed by atoms with van der Waals surface area (Å²) < 4.78 is 13.5. The number of hydrogen-bond donors (Lipinski definition) is 0. The topological polar surface area (TPSA) is 20.3 Å². The number of carbonyl (C=O) groups excluding carboxylic acids is 1. The first kappa shape index (κ1) is 14.2. The lowest BCUT2D eigenvalue weighted by molar-refractivity contribution is 0.0699. The summed E-state index contributed by atoms with van der Waals surface area (Å²) >= 11 is 3.23. The van der Waals surface area contributed by atoms with Crippen molar-refractivity contribution in [3.05, 3.63) is 34.1 Å². The lowest BCUT2D eigenvalue weighted by Gasteiger charge is -2.27. The molecule has 1 amide bonds. The maximum atomic E-state index is 13.0. The highest BCUT2D eigenvalue weighted by atomic mass is 79.9. The monoisotopic (exact) mass is 301 g/mol. The third-order valence-corrected chi connectivity index (χ3v) is 3.54. The van der Waals surface area contributed by atoms with Crippen LogP contribution in [-0.2, 0) is 0 Å². The Kier molecular flexibility index (Phi) is 5.12. The second-order valence-corrected chi connectivity index (χ2v) is 4.83. The summed E-state index contributed by atoms with van der Waals surface area (Å²) in [5.74, 6) is -0.409. The average molecular weight is 302 g/mol. The van der Waals surface area contributed by atoms with Crippen LogP contribution >= 0.6 is 15.9 Å². The van der Waals surface area contributed by atoms with E-state index in [1.807, 2.05) is 20.8 Å². The fourth-order valence-corrected chi connectivity index (χ4v) is 2.21. The van der Waals surface area contributed by atoms with Gasteiger partial charge < -0.3 is 4.90 Å². The van der Waals surface area contributed by atoms with Gasteiger partial charge in [0.15, 0.2) is 0 Å². The fourth-order valence-electron chi connectivity index (χ4n) is 1.69. The van der Waals surface area contributed by atoms with Crippen molar-refractivity contribution in [3.8, 4) is 0 Å². The van der Waals surface area contributed by atoms with Gasteiger partial charge in [0.2, 0.25) is 0 Å². The van der Waals surface area contributed by atoms with Gasteiger partial charge in [-0.25, -0.2) is 4.39 Å². The van der Waals surface area contributed by atoms with Crippen LogP contribution in [0.3, 0.4) is 0 Å². The predicted octanol–water partition coefficient (Wildman–Crippen LogP) is 3.85. The van der Waals surface area contributed by atoms with Gasteiger partial charge in [0.1, 0.15) is 5.82 Å². The Balaban J connectivity index is 3.02. The molecule has 0 spiro atoms.